The standard InChI is InChI=1S/C47H71N5O5S2/c1-31(2)34-14-20-46(49-23-24-52-25-27-59(55,56)28-26-52)22-21-44(8)38(47(34,46)29-48)10-9-37-42(6)16-13-35(41(4,5)36(42)15-17-43(37,44)7)33-11-18-45(19-12-33,40(53)54)30-57-39-32(3)50-58-51-39/h11,13,29,34,36-38,48-49H,1,9-10,12,14-28,30H2,2-8H3,(H,53,54)/t34-,36?,37?,38-,42-,43+,44+,45?,46-,47?/m0/s1. The molecule has 3 N–H and O–H groups in total. The van der Waals surface area contributed by atoms with E-state index < -0.39 is 21.2 Å². The lowest BCUT2D eigenvalue weighted by Crippen LogP contribution is -2.72. The number of aliphatic carboxylic acids is 1. The summed E-state index contributed by atoms with van der Waals surface area (Å²) in [6.45, 7) is 24.5. The summed E-state index contributed by atoms with van der Waals surface area (Å²) in [5.41, 5.74) is 3.52. The first-order chi connectivity index (χ1) is 27.7. The number of nitrogens with zero attached hydrogens (tertiary/aromatic N) is 3. The summed E-state index contributed by atoms with van der Waals surface area (Å²) in [4.78, 5) is 15.1. The van der Waals surface area contributed by atoms with Gasteiger partial charge in [0.15, 0.2) is 9.84 Å². The minimum absolute atomic E-state index is 0.0438. The third kappa shape index (κ3) is 6.43. The van der Waals surface area contributed by atoms with Crippen molar-refractivity contribution in [2.45, 2.75) is 131 Å². The molecule has 4 saturated carbocycles. The highest BCUT2D eigenvalue weighted by molar-refractivity contribution is 7.91. The van der Waals surface area contributed by atoms with Crippen LogP contribution in [-0.2, 0) is 14.6 Å². The minimum atomic E-state index is -2.92. The SMILES string of the molecule is C=C(C)[C@@H]1CC[C@]2(NCCN3CCS(=O)(=O)CC3)CC[C@]3(C)[C@H](CCC4[C@@]5(C)CC=C(C6=CCC(COc7nsnc7C)(C(=O)O)CC6)C(C)(C)C5CC[C@]43C)C12C=N. The van der Waals surface area contributed by atoms with Crippen LogP contribution in [0.3, 0.4) is 0 Å². The van der Waals surface area contributed by atoms with Gasteiger partial charge >= 0.3 is 5.97 Å². The Bertz CT molecular complexity index is 2030. The highest BCUT2D eigenvalue weighted by Crippen LogP contribution is 2.78. The van der Waals surface area contributed by atoms with Gasteiger partial charge in [0, 0.05) is 43.3 Å². The molecule has 4 unspecified atom stereocenters. The Balaban J connectivity index is 1.05. The predicted molar refractivity (Wildman–Crippen MR) is 236 cm³/mol. The lowest BCUT2D eigenvalue weighted by atomic mass is 9.31. The molecule has 5 fully saturated rings. The van der Waals surface area contributed by atoms with Gasteiger partial charge in [-0.05, 0) is 147 Å². The van der Waals surface area contributed by atoms with Gasteiger partial charge in [-0.3, -0.25) is 4.79 Å². The van der Waals surface area contributed by atoms with Gasteiger partial charge < -0.3 is 25.5 Å². The van der Waals surface area contributed by atoms with Gasteiger partial charge in [0.1, 0.15) is 17.7 Å². The van der Waals surface area contributed by atoms with E-state index in [1.54, 1.807) is 0 Å². The smallest absolute Gasteiger partial charge is 0.313 e. The fourth-order valence-electron chi connectivity index (χ4n) is 15.7. The van der Waals surface area contributed by atoms with E-state index in [9.17, 15) is 23.7 Å². The van der Waals surface area contributed by atoms with E-state index in [1.165, 1.54) is 36.0 Å². The van der Waals surface area contributed by atoms with E-state index in [1.807, 2.05) is 13.1 Å². The summed E-state index contributed by atoms with van der Waals surface area (Å²) in [6, 6.07) is 0. The molecule has 0 spiro atoms. The van der Waals surface area contributed by atoms with E-state index in [0.29, 0.717) is 55.3 Å². The molecule has 1 aromatic rings. The van der Waals surface area contributed by atoms with Crippen LogP contribution in [0.5, 0.6) is 5.88 Å². The number of carboxylic acids is 1. The molecule has 2 heterocycles. The molecule has 8 rings (SSSR count). The highest BCUT2D eigenvalue weighted by atomic mass is 32.2. The predicted octanol–water partition coefficient (Wildman–Crippen LogP) is 8.69. The van der Waals surface area contributed by atoms with Gasteiger partial charge in [0.05, 0.1) is 23.2 Å². The fraction of sp³-hybridized carbons (Fsp3) is 0.787. The molecule has 12 heteroatoms. The molecule has 59 heavy (non-hydrogen) atoms. The number of hydrogen-bond acceptors (Lipinski definition) is 10. The third-order valence-electron chi connectivity index (χ3n) is 19.0. The maximum atomic E-state index is 12.7. The van der Waals surface area contributed by atoms with Crippen LogP contribution in [0.25, 0.3) is 0 Å². The maximum absolute atomic E-state index is 12.7. The van der Waals surface area contributed by atoms with Crippen LogP contribution < -0.4 is 10.1 Å². The van der Waals surface area contributed by atoms with Gasteiger partial charge in [-0.25, -0.2) is 8.42 Å². The summed E-state index contributed by atoms with van der Waals surface area (Å²) < 4.78 is 38.7. The van der Waals surface area contributed by atoms with Crippen molar-refractivity contribution < 1.29 is 23.1 Å². The van der Waals surface area contributed by atoms with Gasteiger partial charge in [0.2, 0.25) is 5.88 Å². The molecule has 10 nitrogen and oxygen atoms in total. The van der Waals surface area contributed by atoms with Crippen molar-refractivity contribution in [2.75, 3.05) is 44.3 Å². The van der Waals surface area contributed by atoms with Crippen LogP contribution in [0.1, 0.15) is 124 Å². The quantitative estimate of drug-likeness (QED) is 0.147. The molecule has 1 aromatic heterocycles. The lowest BCUT2D eigenvalue weighted by Gasteiger charge is -2.74. The second-order valence-electron chi connectivity index (χ2n) is 21.6. The molecule has 0 radical (unpaired) electrons. The second-order valence-corrected chi connectivity index (χ2v) is 24.5. The van der Waals surface area contributed by atoms with Gasteiger partial charge in [0.25, 0.3) is 0 Å². The molecule has 0 bridgehead atoms. The molecule has 6 aliphatic carbocycles. The zero-order valence-electron chi connectivity index (χ0n) is 36.9. The van der Waals surface area contributed by atoms with E-state index in [0.717, 1.165) is 69.8 Å². The number of nitrogens with one attached hydrogen (secondary N) is 2. The van der Waals surface area contributed by atoms with Crippen LogP contribution in [0.4, 0.5) is 0 Å². The molecular formula is C47H71N5O5S2. The Morgan fingerprint density at radius 3 is 2.32 bits per heavy atom. The molecular weight excluding hydrogens is 779 g/mol. The van der Waals surface area contributed by atoms with Crippen LogP contribution in [0.2, 0.25) is 0 Å². The number of carboxylic acid groups (broad SMARTS) is 1. The van der Waals surface area contributed by atoms with Gasteiger partial charge in [-0.2, -0.15) is 4.37 Å². The number of aryl methyl sites for hydroxylation is 1. The van der Waals surface area contributed by atoms with Crippen LogP contribution >= 0.6 is 11.7 Å². The summed E-state index contributed by atoms with van der Waals surface area (Å²) in [7, 11) is -2.92. The van der Waals surface area contributed by atoms with Gasteiger partial charge in [-0.1, -0.05) is 58.9 Å². The zero-order valence-corrected chi connectivity index (χ0v) is 38.6. The Kier molecular flexibility index (Phi) is 10.9. The average molecular weight is 850 g/mol. The number of ether oxygens (including phenoxy) is 1. The Hall–Kier alpha value is -2.41. The minimum Gasteiger partial charge on any atom is -0.481 e. The Morgan fingerprint density at radius 2 is 1.69 bits per heavy atom. The molecule has 1 saturated heterocycles. The highest BCUT2D eigenvalue weighted by Gasteiger charge is 2.75. The molecule has 0 aromatic carbocycles. The number of carbonyl (C=O) groups is 1. The summed E-state index contributed by atoms with van der Waals surface area (Å²) >= 11 is 1.09. The fourth-order valence-corrected chi connectivity index (χ4v) is 17.5. The van der Waals surface area contributed by atoms with Crippen molar-refractivity contribution in [2.24, 2.45) is 56.2 Å². The zero-order chi connectivity index (χ0) is 42.4. The number of rotatable bonds is 11. The van der Waals surface area contributed by atoms with Crippen molar-refractivity contribution >= 4 is 33.7 Å². The monoisotopic (exact) mass is 849 g/mol. The van der Waals surface area contributed by atoms with Crippen molar-refractivity contribution in [3.63, 3.8) is 0 Å². The van der Waals surface area contributed by atoms with Crippen molar-refractivity contribution in [1.82, 2.24) is 19.0 Å². The van der Waals surface area contributed by atoms with E-state index in [2.05, 4.69) is 79.2 Å². The summed E-state index contributed by atoms with van der Waals surface area (Å²) in [5.74, 6) is 1.87. The van der Waals surface area contributed by atoms with E-state index in [-0.39, 0.29) is 56.6 Å². The van der Waals surface area contributed by atoms with E-state index in [4.69, 9.17) is 4.74 Å². The largest absolute Gasteiger partial charge is 0.481 e. The van der Waals surface area contributed by atoms with Gasteiger partial charge in [-0.15, -0.1) is 4.37 Å². The van der Waals surface area contributed by atoms with E-state index >= 15 is 0 Å². The first-order valence-electron chi connectivity index (χ1n) is 22.6. The Labute approximate surface area is 358 Å². The molecule has 7 aliphatic rings. The second kappa shape index (κ2) is 14.9. The number of sulfone groups is 1. The summed E-state index contributed by atoms with van der Waals surface area (Å²) in [5, 5.41) is 24.1. The molecule has 0 amide bonds. The molecule has 1 aliphatic heterocycles. The topological polar surface area (TPSA) is 146 Å². The number of allylic oxidation sites excluding steroid dienone is 5. The number of fused-ring (bicyclic) bond motifs is 7. The molecule has 326 valence electrons. The van der Waals surface area contributed by atoms with Crippen molar-refractivity contribution in [1.29, 1.82) is 5.41 Å². The Morgan fingerprint density at radius 1 is 0.983 bits per heavy atom. The summed E-state index contributed by atoms with van der Waals surface area (Å²) in [6.07, 6.45) is 18.5. The van der Waals surface area contributed by atoms with Crippen molar-refractivity contribution in [3.8, 4) is 5.88 Å². The third-order valence-corrected chi connectivity index (χ3v) is 21.2. The first kappa shape index (κ1) is 43.2. The van der Waals surface area contributed by atoms with Crippen LogP contribution in [0, 0.1) is 68.5 Å². The average Bonchev–Trinajstić information content (AvgIpc) is 3.76. The molecule has 10 atom stereocenters. The lowest BCUT2D eigenvalue weighted by molar-refractivity contribution is -0.230. The number of hydrogen-bond donors (Lipinski definition) is 3. The number of aromatic nitrogens is 2. The van der Waals surface area contributed by atoms with Crippen LogP contribution in [-0.4, -0.2) is 89.2 Å². The van der Waals surface area contributed by atoms with Crippen LogP contribution in [0.15, 0.2) is 35.5 Å². The first-order valence-corrected chi connectivity index (χ1v) is 25.2. The normalized spacial score (nSPS) is 42.6. The van der Waals surface area contributed by atoms with Crippen molar-refractivity contribution in [3.05, 3.63) is 41.1 Å². The maximum Gasteiger partial charge on any atom is 0.313 e.